The molecule has 2 heterocycles. The molecule has 98 valence electrons. The van der Waals surface area contributed by atoms with Crippen molar-refractivity contribution in [1.82, 2.24) is 9.97 Å². The van der Waals surface area contributed by atoms with Crippen LogP contribution < -0.4 is 5.73 Å². The second kappa shape index (κ2) is 5.43. The van der Waals surface area contributed by atoms with Crippen LogP contribution in [0.4, 0.5) is 5.82 Å². The summed E-state index contributed by atoms with van der Waals surface area (Å²) in [6.07, 6.45) is 0. The van der Waals surface area contributed by atoms with Crippen LogP contribution in [0.1, 0.15) is 22.6 Å². The summed E-state index contributed by atoms with van der Waals surface area (Å²) in [6, 6.07) is 8.51. The predicted molar refractivity (Wildman–Crippen MR) is 82.2 cm³/mol. The molecule has 0 saturated carbocycles. The average Bonchev–Trinajstić information content (AvgIpc) is 2.87. The van der Waals surface area contributed by atoms with Gasteiger partial charge < -0.3 is 5.73 Å². The highest BCUT2D eigenvalue weighted by Gasteiger charge is 2.17. The van der Waals surface area contributed by atoms with Gasteiger partial charge in [0.1, 0.15) is 11.6 Å². The molecule has 1 aromatic carbocycles. The minimum Gasteiger partial charge on any atom is -0.383 e. The second-order valence-electron chi connectivity index (χ2n) is 4.54. The van der Waals surface area contributed by atoms with E-state index < -0.39 is 0 Å². The number of aryl methyl sites for hydroxylation is 1. The van der Waals surface area contributed by atoms with E-state index in [-0.39, 0.29) is 0 Å². The Morgan fingerprint density at radius 1 is 1.21 bits per heavy atom. The van der Waals surface area contributed by atoms with Crippen LogP contribution in [0.3, 0.4) is 0 Å². The fourth-order valence-corrected chi connectivity index (χ4v) is 3.78. The van der Waals surface area contributed by atoms with E-state index in [0.29, 0.717) is 5.82 Å². The molecule has 19 heavy (non-hydrogen) atoms. The Balaban J connectivity index is 1.73. The van der Waals surface area contributed by atoms with E-state index >= 15 is 0 Å². The van der Waals surface area contributed by atoms with Crippen LogP contribution >= 0.6 is 23.5 Å². The number of nitrogens with zero attached hydrogens (tertiary/aromatic N) is 2. The van der Waals surface area contributed by atoms with Crippen LogP contribution in [0.25, 0.3) is 0 Å². The Bertz CT molecular complexity index is 596. The number of aromatic nitrogens is 2. The van der Waals surface area contributed by atoms with Crippen LogP contribution in [0, 0.1) is 6.92 Å². The zero-order chi connectivity index (χ0) is 13.2. The maximum atomic E-state index is 5.99. The van der Waals surface area contributed by atoms with Crippen molar-refractivity contribution in [3.63, 3.8) is 0 Å². The summed E-state index contributed by atoms with van der Waals surface area (Å²) in [4.78, 5) is 10.3. The van der Waals surface area contributed by atoms with Crippen molar-refractivity contribution >= 4 is 29.3 Å². The molecule has 0 atom stereocenters. The van der Waals surface area contributed by atoms with E-state index in [1.165, 1.54) is 10.5 Å². The first kappa shape index (κ1) is 12.8. The minimum atomic E-state index is 0.662. The van der Waals surface area contributed by atoms with Gasteiger partial charge in [-0.3, -0.25) is 0 Å². The summed E-state index contributed by atoms with van der Waals surface area (Å²) in [5.41, 5.74) is 9.52. The minimum absolute atomic E-state index is 0.662. The lowest BCUT2D eigenvalue weighted by Gasteiger charge is -2.06. The third-order valence-corrected chi connectivity index (χ3v) is 5.02. The monoisotopic (exact) mass is 289 g/mol. The average molecular weight is 289 g/mol. The Hall–Kier alpha value is -1.20. The van der Waals surface area contributed by atoms with E-state index in [1.54, 1.807) is 11.8 Å². The maximum Gasteiger partial charge on any atom is 0.141 e. The van der Waals surface area contributed by atoms with Gasteiger partial charge in [-0.25, -0.2) is 9.97 Å². The summed E-state index contributed by atoms with van der Waals surface area (Å²) in [5, 5.41) is 0. The molecule has 3 rings (SSSR count). The van der Waals surface area contributed by atoms with Gasteiger partial charge in [0, 0.05) is 22.0 Å². The van der Waals surface area contributed by atoms with Crippen molar-refractivity contribution in [2.45, 2.75) is 29.1 Å². The number of fused-ring (bicyclic) bond motifs is 1. The van der Waals surface area contributed by atoms with Gasteiger partial charge in [-0.05, 0) is 19.1 Å². The molecule has 0 spiro atoms. The molecule has 0 amide bonds. The Morgan fingerprint density at radius 3 is 2.79 bits per heavy atom. The standard InChI is InChI=1S/C14H15N3S2/c1-9-2-4-10(5-3-9)19-8-13-16-12-7-18-6-11(12)14(15)17-13/h2-5H,6-8H2,1H3,(H2,15,16,17). The van der Waals surface area contributed by atoms with Crippen molar-refractivity contribution < 1.29 is 0 Å². The van der Waals surface area contributed by atoms with Crippen molar-refractivity contribution in [3.05, 3.63) is 46.9 Å². The van der Waals surface area contributed by atoms with E-state index in [2.05, 4.69) is 41.2 Å². The second-order valence-corrected chi connectivity index (χ2v) is 6.58. The van der Waals surface area contributed by atoms with E-state index in [9.17, 15) is 0 Å². The number of nitrogens with two attached hydrogens (primary N) is 1. The van der Waals surface area contributed by atoms with Crippen LogP contribution in [0.15, 0.2) is 29.2 Å². The fourth-order valence-electron chi connectivity index (χ4n) is 1.98. The molecule has 0 unspecified atom stereocenters. The Labute approximate surface area is 121 Å². The van der Waals surface area contributed by atoms with Crippen molar-refractivity contribution in [3.8, 4) is 0 Å². The molecule has 2 aromatic rings. The van der Waals surface area contributed by atoms with Gasteiger partial charge in [-0.2, -0.15) is 11.8 Å². The summed E-state index contributed by atoms with van der Waals surface area (Å²) >= 11 is 3.60. The molecule has 1 aliphatic rings. The van der Waals surface area contributed by atoms with Crippen molar-refractivity contribution in [2.75, 3.05) is 5.73 Å². The molecule has 0 saturated heterocycles. The third-order valence-electron chi connectivity index (χ3n) is 3.05. The zero-order valence-corrected chi connectivity index (χ0v) is 12.4. The summed E-state index contributed by atoms with van der Waals surface area (Å²) < 4.78 is 0. The number of hydrogen-bond donors (Lipinski definition) is 1. The molecule has 0 radical (unpaired) electrons. The highest BCUT2D eigenvalue weighted by molar-refractivity contribution is 7.98. The number of rotatable bonds is 3. The number of nitrogen functional groups attached to an aromatic ring is 1. The lowest BCUT2D eigenvalue weighted by atomic mass is 10.2. The number of benzene rings is 1. The third kappa shape index (κ3) is 2.87. The molecule has 1 aromatic heterocycles. The maximum absolute atomic E-state index is 5.99. The number of thioether (sulfide) groups is 2. The van der Waals surface area contributed by atoms with Gasteiger partial charge in [0.2, 0.25) is 0 Å². The van der Waals surface area contributed by atoms with Crippen LogP contribution in [-0.4, -0.2) is 9.97 Å². The predicted octanol–water partition coefficient (Wildman–Crippen LogP) is 3.41. The summed E-state index contributed by atoms with van der Waals surface area (Å²) in [6.45, 7) is 2.09. The SMILES string of the molecule is Cc1ccc(SCc2nc(N)c3c(n2)CSC3)cc1. The first-order valence-electron chi connectivity index (χ1n) is 6.14. The molecule has 3 nitrogen and oxygen atoms in total. The highest BCUT2D eigenvalue weighted by Crippen LogP contribution is 2.32. The molecule has 2 N–H and O–H groups in total. The molecule has 0 aliphatic carbocycles. The lowest BCUT2D eigenvalue weighted by molar-refractivity contribution is 0.982. The summed E-state index contributed by atoms with van der Waals surface area (Å²) in [7, 11) is 0. The first-order valence-corrected chi connectivity index (χ1v) is 8.28. The van der Waals surface area contributed by atoms with Gasteiger partial charge in [0.25, 0.3) is 0 Å². The van der Waals surface area contributed by atoms with Gasteiger partial charge >= 0.3 is 0 Å². The molecule has 0 fully saturated rings. The molecular weight excluding hydrogens is 274 g/mol. The van der Waals surface area contributed by atoms with Crippen molar-refractivity contribution in [2.24, 2.45) is 0 Å². The number of hydrogen-bond acceptors (Lipinski definition) is 5. The van der Waals surface area contributed by atoms with E-state index in [0.717, 1.165) is 34.3 Å². The Kier molecular flexibility index (Phi) is 3.66. The quantitative estimate of drug-likeness (QED) is 0.878. The highest BCUT2D eigenvalue weighted by atomic mass is 32.2. The first-order chi connectivity index (χ1) is 9.22. The fraction of sp³-hybridized carbons (Fsp3) is 0.286. The van der Waals surface area contributed by atoms with Gasteiger partial charge in [0.15, 0.2) is 0 Å². The Morgan fingerprint density at radius 2 is 2.00 bits per heavy atom. The van der Waals surface area contributed by atoms with Gasteiger partial charge in [-0.1, -0.05) is 17.7 Å². The van der Waals surface area contributed by atoms with Crippen molar-refractivity contribution in [1.29, 1.82) is 0 Å². The van der Waals surface area contributed by atoms with Gasteiger partial charge in [0.05, 0.1) is 11.4 Å². The van der Waals surface area contributed by atoms with Crippen LogP contribution in [0.5, 0.6) is 0 Å². The molecule has 5 heteroatoms. The number of anilines is 1. The summed E-state index contributed by atoms with van der Waals surface area (Å²) in [5.74, 6) is 4.18. The largest absolute Gasteiger partial charge is 0.383 e. The normalized spacial score (nSPS) is 13.5. The van der Waals surface area contributed by atoms with E-state index in [4.69, 9.17) is 5.73 Å². The lowest BCUT2D eigenvalue weighted by Crippen LogP contribution is -2.04. The molecule has 0 bridgehead atoms. The van der Waals surface area contributed by atoms with Crippen LogP contribution in [-0.2, 0) is 17.3 Å². The van der Waals surface area contributed by atoms with E-state index in [1.807, 2.05) is 11.8 Å². The molecular formula is C14H15N3S2. The van der Waals surface area contributed by atoms with Gasteiger partial charge in [-0.15, -0.1) is 11.8 Å². The smallest absolute Gasteiger partial charge is 0.141 e. The van der Waals surface area contributed by atoms with Crippen LogP contribution in [0.2, 0.25) is 0 Å². The topological polar surface area (TPSA) is 51.8 Å². The zero-order valence-electron chi connectivity index (χ0n) is 10.7. The molecule has 1 aliphatic heterocycles.